The van der Waals surface area contributed by atoms with Crippen molar-refractivity contribution in [1.29, 1.82) is 0 Å². The summed E-state index contributed by atoms with van der Waals surface area (Å²) in [7, 11) is -3.39. The molecule has 3 fully saturated rings. The van der Waals surface area contributed by atoms with Crippen LogP contribution in [0.1, 0.15) is 125 Å². The number of sulfone groups is 1. The molecule has 1 saturated heterocycles. The van der Waals surface area contributed by atoms with Gasteiger partial charge in [0.15, 0.2) is 0 Å². The first kappa shape index (κ1) is 39.7. The molecule has 0 aromatic rings. The van der Waals surface area contributed by atoms with Gasteiger partial charge in [-0.15, -0.1) is 0 Å². The van der Waals surface area contributed by atoms with Crippen LogP contribution in [0, 0.1) is 17.3 Å². The second-order valence-corrected chi connectivity index (χ2v) is 17.6. The number of amides is 5. The highest BCUT2D eigenvalue weighted by atomic mass is 32.2. The Kier molecular flexibility index (Phi) is 14.3. The van der Waals surface area contributed by atoms with Crippen molar-refractivity contribution in [3.05, 3.63) is 0 Å². The number of piperidine rings is 1. The maximum atomic E-state index is 14.7. The molecule has 13 heteroatoms. The van der Waals surface area contributed by atoms with Crippen molar-refractivity contribution in [3.63, 3.8) is 0 Å². The molecule has 2 unspecified atom stereocenters. The molecule has 0 bridgehead atoms. The van der Waals surface area contributed by atoms with E-state index in [1.54, 1.807) is 4.90 Å². The Morgan fingerprint density at radius 3 is 2.10 bits per heavy atom. The standard InChI is InChI=1S/C35H61N5O7S/c1-7-15-26(29(41)31(43)36-20-8-2)37-30(42)27-21-34(4,5)24(3)22-40(27)32(44)28(25-16-11-9-12-17-25)38-33(45)39-35(23-48(6,46)47)18-13-10-14-19-35/h24-28H,7-23H2,1-6H3,(H,36,43)(H,37,42)(H2,38,39,45)/t24?,26?,27-,28-/m0/s1. The van der Waals surface area contributed by atoms with E-state index in [1.807, 2.05) is 20.8 Å². The lowest BCUT2D eigenvalue weighted by Gasteiger charge is -2.48. The lowest BCUT2D eigenvalue weighted by atomic mass is 9.71. The zero-order valence-corrected chi connectivity index (χ0v) is 30.9. The summed E-state index contributed by atoms with van der Waals surface area (Å²) in [5.74, 6) is -2.53. The molecule has 12 nitrogen and oxygen atoms in total. The molecule has 2 saturated carbocycles. The molecule has 3 aliphatic rings. The average Bonchev–Trinajstić information content (AvgIpc) is 3.02. The molecule has 0 aromatic heterocycles. The highest BCUT2D eigenvalue weighted by Gasteiger charge is 2.47. The number of nitrogens with one attached hydrogen (secondary N) is 4. The minimum atomic E-state index is -3.39. The van der Waals surface area contributed by atoms with E-state index in [1.165, 1.54) is 6.26 Å². The molecule has 3 rings (SSSR count). The third-order valence-electron chi connectivity index (χ3n) is 10.9. The van der Waals surface area contributed by atoms with Crippen LogP contribution in [-0.4, -0.2) is 91.6 Å². The van der Waals surface area contributed by atoms with Gasteiger partial charge in [-0.1, -0.05) is 79.6 Å². The number of hydrogen-bond acceptors (Lipinski definition) is 7. The second-order valence-electron chi connectivity index (χ2n) is 15.5. The van der Waals surface area contributed by atoms with E-state index in [9.17, 15) is 32.4 Å². The minimum Gasteiger partial charge on any atom is -0.349 e. The lowest BCUT2D eigenvalue weighted by Crippen LogP contribution is -2.65. The third kappa shape index (κ3) is 10.9. The van der Waals surface area contributed by atoms with E-state index in [4.69, 9.17) is 0 Å². The number of urea groups is 1. The molecule has 0 spiro atoms. The van der Waals surface area contributed by atoms with Crippen LogP contribution in [0.2, 0.25) is 0 Å². The molecule has 0 radical (unpaired) electrons. The number of rotatable bonds is 14. The number of ketones is 1. The second kappa shape index (κ2) is 17.3. The van der Waals surface area contributed by atoms with Crippen molar-refractivity contribution in [3.8, 4) is 0 Å². The van der Waals surface area contributed by atoms with Gasteiger partial charge in [0.25, 0.3) is 5.91 Å². The van der Waals surface area contributed by atoms with Gasteiger partial charge < -0.3 is 26.2 Å². The van der Waals surface area contributed by atoms with Crippen LogP contribution in [-0.2, 0) is 29.0 Å². The van der Waals surface area contributed by atoms with Crippen LogP contribution >= 0.6 is 0 Å². The van der Waals surface area contributed by atoms with E-state index < -0.39 is 57.1 Å². The molecular formula is C35H61N5O7S. The van der Waals surface area contributed by atoms with Crippen LogP contribution < -0.4 is 21.3 Å². The first-order chi connectivity index (χ1) is 22.5. The van der Waals surface area contributed by atoms with Gasteiger partial charge in [0.2, 0.25) is 17.6 Å². The number of carbonyl (C=O) groups is 5. The zero-order valence-electron chi connectivity index (χ0n) is 30.1. The maximum absolute atomic E-state index is 14.7. The highest BCUT2D eigenvalue weighted by Crippen LogP contribution is 2.40. The van der Waals surface area contributed by atoms with Gasteiger partial charge in [0.1, 0.15) is 21.9 Å². The Morgan fingerprint density at radius 1 is 0.896 bits per heavy atom. The van der Waals surface area contributed by atoms with Gasteiger partial charge in [0.05, 0.1) is 17.3 Å². The molecule has 2 aliphatic carbocycles. The van der Waals surface area contributed by atoms with E-state index in [0.29, 0.717) is 38.6 Å². The number of likely N-dealkylation sites (tertiary alicyclic amines) is 1. The van der Waals surface area contributed by atoms with Crippen LogP contribution in [0.15, 0.2) is 0 Å². The number of carbonyl (C=O) groups excluding carboxylic acids is 5. The monoisotopic (exact) mass is 695 g/mol. The summed E-state index contributed by atoms with van der Waals surface area (Å²) in [6, 6.07) is -3.39. The van der Waals surface area contributed by atoms with E-state index in [0.717, 1.165) is 51.4 Å². The first-order valence-electron chi connectivity index (χ1n) is 18.2. The molecule has 1 aliphatic heterocycles. The smallest absolute Gasteiger partial charge is 0.315 e. The maximum Gasteiger partial charge on any atom is 0.315 e. The molecule has 0 aromatic carbocycles. The van der Waals surface area contributed by atoms with Gasteiger partial charge in [0, 0.05) is 19.3 Å². The van der Waals surface area contributed by atoms with Crippen molar-refractivity contribution in [2.45, 2.75) is 148 Å². The molecule has 1 heterocycles. The van der Waals surface area contributed by atoms with Gasteiger partial charge >= 0.3 is 6.03 Å². The normalized spacial score (nSPS) is 24.1. The van der Waals surface area contributed by atoms with Gasteiger partial charge in [-0.3, -0.25) is 19.2 Å². The molecule has 48 heavy (non-hydrogen) atoms. The Bertz CT molecular complexity index is 1260. The topological polar surface area (TPSA) is 171 Å². The average molecular weight is 696 g/mol. The van der Waals surface area contributed by atoms with Gasteiger partial charge in [-0.05, 0) is 62.2 Å². The molecule has 4 atom stereocenters. The SMILES string of the molecule is CCCNC(=O)C(=O)C(CCC)NC(=O)[C@@H]1CC(C)(C)C(C)CN1C(=O)[C@@H](NC(=O)NC1(CS(C)(=O)=O)CCCCC1)C1CCCCC1. The molecule has 274 valence electrons. The summed E-state index contributed by atoms with van der Waals surface area (Å²) in [5, 5.41) is 11.4. The summed E-state index contributed by atoms with van der Waals surface area (Å²) < 4.78 is 24.8. The fourth-order valence-corrected chi connectivity index (χ4v) is 9.11. The molecular weight excluding hydrogens is 634 g/mol. The predicted molar refractivity (Wildman–Crippen MR) is 186 cm³/mol. The highest BCUT2D eigenvalue weighted by molar-refractivity contribution is 7.90. The van der Waals surface area contributed by atoms with Crippen LogP contribution in [0.4, 0.5) is 4.79 Å². The van der Waals surface area contributed by atoms with E-state index in [-0.39, 0.29) is 41.9 Å². The van der Waals surface area contributed by atoms with Gasteiger partial charge in [-0.25, -0.2) is 13.2 Å². The first-order valence-corrected chi connectivity index (χ1v) is 20.3. The van der Waals surface area contributed by atoms with E-state index in [2.05, 4.69) is 35.1 Å². The van der Waals surface area contributed by atoms with E-state index >= 15 is 0 Å². The number of hydrogen-bond donors (Lipinski definition) is 4. The van der Waals surface area contributed by atoms with Crippen molar-refractivity contribution in [1.82, 2.24) is 26.2 Å². The summed E-state index contributed by atoms with van der Waals surface area (Å²) in [5.41, 5.74) is -1.20. The zero-order chi connectivity index (χ0) is 35.7. The summed E-state index contributed by atoms with van der Waals surface area (Å²) >= 11 is 0. The summed E-state index contributed by atoms with van der Waals surface area (Å²) in [6.07, 6.45) is 11.1. The lowest BCUT2D eigenvalue weighted by molar-refractivity contribution is -0.150. The number of Topliss-reactive ketones (excluding diaryl/α,β-unsaturated/α-hetero) is 1. The van der Waals surface area contributed by atoms with Crippen molar-refractivity contribution < 1.29 is 32.4 Å². The predicted octanol–water partition coefficient (Wildman–Crippen LogP) is 3.63. The van der Waals surface area contributed by atoms with Crippen LogP contribution in [0.25, 0.3) is 0 Å². The van der Waals surface area contributed by atoms with Crippen LogP contribution in [0.5, 0.6) is 0 Å². The third-order valence-corrected chi connectivity index (χ3v) is 11.9. The fourth-order valence-electron chi connectivity index (χ4n) is 7.75. The summed E-state index contributed by atoms with van der Waals surface area (Å²) in [4.78, 5) is 69.6. The largest absolute Gasteiger partial charge is 0.349 e. The molecule has 5 amide bonds. The summed E-state index contributed by atoms with van der Waals surface area (Å²) in [6.45, 7) is 10.6. The fraction of sp³-hybridized carbons (Fsp3) is 0.857. The molecule has 4 N–H and O–H groups in total. The quantitative estimate of drug-likeness (QED) is 0.201. The van der Waals surface area contributed by atoms with Crippen molar-refractivity contribution in [2.75, 3.05) is 25.1 Å². The Balaban J connectivity index is 1.90. The van der Waals surface area contributed by atoms with Gasteiger partial charge in [-0.2, -0.15) is 0 Å². The minimum absolute atomic E-state index is 0.0412. The van der Waals surface area contributed by atoms with Crippen molar-refractivity contribution >= 4 is 39.4 Å². The Hall–Kier alpha value is -2.70. The Morgan fingerprint density at radius 2 is 1.52 bits per heavy atom. The van der Waals surface area contributed by atoms with Crippen molar-refractivity contribution in [2.24, 2.45) is 17.3 Å². The Labute approximate surface area is 288 Å². The number of nitrogens with zero attached hydrogens (tertiary/aromatic N) is 1. The van der Waals surface area contributed by atoms with Crippen LogP contribution in [0.3, 0.4) is 0 Å².